The van der Waals surface area contributed by atoms with Gasteiger partial charge in [0, 0.05) is 31.3 Å². The molecule has 0 unspecified atom stereocenters. The second kappa shape index (κ2) is 3.87. The molecule has 0 aliphatic carbocycles. The van der Waals surface area contributed by atoms with E-state index in [4.69, 9.17) is 0 Å². The SMILES string of the molecule is Cn1cccc1C=Cc1ncccn1. The summed E-state index contributed by atoms with van der Waals surface area (Å²) in [5.74, 6) is 0.730. The summed E-state index contributed by atoms with van der Waals surface area (Å²) in [4.78, 5) is 8.20. The Balaban J connectivity index is 2.20. The average Bonchev–Trinajstić information content (AvgIpc) is 2.63. The minimum Gasteiger partial charge on any atom is -0.351 e. The van der Waals surface area contributed by atoms with Crippen molar-refractivity contribution in [2.75, 3.05) is 0 Å². The molecule has 0 saturated carbocycles. The van der Waals surface area contributed by atoms with Gasteiger partial charge in [-0.15, -0.1) is 0 Å². The van der Waals surface area contributed by atoms with Crippen LogP contribution < -0.4 is 0 Å². The Morgan fingerprint density at radius 1 is 1.14 bits per heavy atom. The van der Waals surface area contributed by atoms with Gasteiger partial charge in [-0.3, -0.25) is 0 Å². The van der Waals surface area contributed by atoms with Gasteiger partial charge in [0.25, 0.3) is 0 Å². The van der Waals surface area contributed by atoms with Crippen LogP contribution in [0.4, 0.5) is 0 Å². The van der Waals surface area contributed by atoms with Crippen molar-refractivity contribution in [2.45, 2.75) is 0 Å². The van der Waals surface area contributed by atoms with Crippen LogP contribution in [0, 0.1) is 0 Å². The minimum atomic E-state index is 0.730. The van der Waals surface area contributed by atoms with Gasteiger partial charge in [0.15, 0.2) is 5.82 Å². The van der Waals surface area contributed by atoms with Crippen molar-refractivity contribution in [3.63, 3.8) is 0 Å². The van der Waals surface area contributed by atoms with Crippen molar-refractivity contribution in [3.8, 4) is 0 Å². The molecule has 0 atom stereocenters. The molecule has 0 spiro atoms. The fourth-order valence-electron chi connectivity index (χ4n) is 1.20. The topological polar surface area (TPSA) is 30.7 Å². The maximum Gasteiger partial charge on any atom is 0.151 e. The second-order valence-electron chi connectivity index (χ2n) is 2.98. The first-order valence-corrected chi connectivity index (χ1v) is 4.43. The van der Waals surface area contributed by atoms with Crippen molar-refractivity contribution in [1.29, 1.82) is 0 Å². The lowest BCUT2D eigenvalue weighted by Gasteiger charge is -1.94. The third kappa shape index (κ3) is 1.88. The van der Waals surface area contributed by atoms with Gasteiger partial charge < -0.3 is 4.57 Å². The van der Waals surface area contributed by atoms with E-state index in [1.54, 1.807) is 18.5 Å². The van der Waals surface area contributed by atoms with Gasteiger partial charge in [0.1, 0.15) is 0 Å². The van der Waals surface area contributed by atoms with Crippen LogP contribution in [0.2, 0.25) is 0 Å². The van der Waals surface area contributed by atoms with Crippen LogP contribution in [0.1, 0.15) is 11.5 Å². The van der Waals surface area contributed by atoms with Crippen LogP contribution in [0.5, 0.6) is 0 Å². The molecule has 0 radical (unpaired) electrons. The van der Waals surface area contributed by atoms with Crippen molar-refractivity contribution in [3.05, 3.63) is 48.3 Å². The maximum atomic E-state index is 4.10. The highest BCUT2D eigenvalue weighted by molar-refractivity contribution is 5.64. The van der Waals surface area contributed by atoms with E-state index >= 15 is 0 Å². The third-order valence-electron chi connectivity index (χ3n) is 1.97. The molecule has 0 saturated heterocycles. The van der Waals surface area contributed by atoms with Crippen LogP contribution >= 0.6 is 0 Å². The number of hydrogen-bond donors (Lipinski definition) is 0. The molecule has 3 heteroatoms. The largest absolute Gasteiger partial charge is 0.351 e. The molecule has 0 aromatic carbocycles. The van der Waals surface area contributed by atoms with E-state index in [0.717, 1.165) is 11.5 Å². The predicted molar refractivity (Wildman–Crippen MR) is 56.4 cm³/mol. The summed E-state index contributed by atoms with van der Waals surface area (Å²) >= 11 is 0. The van der Waals surface area contributed by atoms with Gasteiger partial charge in [-0.1, -0.05) is 0 Å². The Kier molecular flexibility index (Phi) is 2.40. The van der Waals surface area contributed by atoms with Gasteiger partial charge in [-0.25, -0.2) is 9.97 Å². The average molecular weight is 185 g/mol. The lowest BCUT2D eigenvalue weighted by Crippen LogP contribution is -1.88. The zero-order valence-corrected chi connectivity index (χ0v) is 7.96. The molecule has 0 aliphatic heterocycles. The summed E-state index contributed by atoms with van der Waals surface area (Å²) in [5.41, 5.74) is 1.14. The molecule has 0 amide bonds. The third-order valence-corrected chi connectivity index (χ3v) is 1.97. The summed E-state index contributed by atoms with van der Waals surface area (Å²) in [7, 11) is 2.01. The number of aromatic nitrogens is 3. The smallest absolute Gasteiger partial charge is 0.151 e. The van der Waals surface area contributed by atoms with Crippen molar-refractivity contribution in [1.82, 2.24) is 14.5 Å². The van der Waals surface area contributed by atoms with Gasteiger partial charge in [-0.2, -0.15) is 0 Å². The summed E-state index contributed by atoms with van der Waals surface area (Å²) in [6, 6.07) is 5.85. The summed E-state index contributed by atoms with van der Waals surface area (Å²) in [6.45, 7) is 0. The van der Waals surface area contributed by atoms with Crippen LogP contribution in [-0.2, 0) is 7.05 Å². The molecule has 0 aliphatic rings. The number of aryl methyl sites for hydroxylation is 1. The molecule has 2 heterocycles. The molecule has 0 N–H and O–H groups in total. The van der Waals surface area contributed by atoms with Crippen LogP contribution in [0.3, 0.4) is 0 Å². The highest BCUT2D eigenvalue weighted by atomic mass is 14.9. The first-order valence-electron chi connectivity index (χ1n) is 4.43. The lowest BCUT2D eigenvalue weighted by molar-refractivity contribution is 0.915. The minimum absolute atomic E-state index is 0.730. The van der Waals surface area contributed by atoms with E-state index in [2.05, 4.69) is 9.97 Å². The molecule has 70 valence electrons. The van der Waals surface area contributed by atoms with Crippen molar-refractivity contribution >= 4 is 12.2 Å². The number of nitrogens with zero attached hydrogens (tertiary/aromatic N) is 3. The molecule has 14 heavy (non-hydrogen) atoms. The Bertz CT molecular complexity index is 429. The quantitative estimate of drug-likeness (QED) is 0.716. The first-order chi connectivity index (χ1) is 6.86. The fourth-order valence-corrected chi connectivity index (χ4v) is 1.20. The highest BCUT2D eigenvalue weighted by Crippen LogP contribution is 2.04. The molecule has 0 bridgehead atoms. The van der Waals surface area contributed by atoms with Crippen molar-refractivity contribution < 1.29 is 0 Å². The predicted octanol–water partition coefficient (Wildman–Crippen LogP) is 1.99. The zero-order valence-electron chi connectivity index (χ0n) is 7.96. The van der Waals surface area contributed by atoms with Gasteiger partial charge in [0.05, 0.1) is 0 Å². The fraction of sp³-hybridized carbons (Fsp3) is 0.0909. The number of hydrogen-bond acceptors (Lipinski definition) is 2. The van der Waals surface area contributed by atoms with E-state index < -0.39 is 0 Å². The zero-order chi connectivity index (χ0) is 9.80. The normalized spacial score (nSPS) is 10.9. The van der Waals surface area contributed by atoms with Gasteiger partial charge in [-0.05, 0) is 30.4 Å². The van der Waals surface area contributed by atoms with E-state index in [1.165, 1.54) is 0 Å². The molecule has 2 rings (SSSR count). The Labute approximate surface area is 82.8 Å². The molecule has 0 fully saturated rings. The molecule has 2 aromatic heterocycles. The maximum absolute atomic E-state index is 4.10. The summed E-state index contributed by atoms with van der Waals surface area (Å²) < 4.78 is 2.04. The molecule has 3 nitrogen and oxygen atoms in total. The monoisotopic (exact) mass is 185 g/mol. The standard InChI is InChI=1S/C11H11N3/c1-14-9-2-4-10(14)5-6-11-12-7-3-8-13-11/h2-9H,1H3. The van der Waals surface area contributed by atoms with Crippen LogP contribution in [-0.4, -0.2) is 14.5 Å². The Morgan fingerprint density at radius 2 is 1.93 bits per heavy atom. The van der Waals surface area contributed by atoms with Crippen LogP contribution in [0.25, 0.3) is 12.2 Å². The lowest BCUT2D eigenvalue weighted by atomic mass is 10.3. The molecular weight excluding hydrogens is 174 g/mol. The summed E-state index contributed by atoms with van der Waals surface area (Å²) in [5, 5.41) is 0. The molecular formula is C11H11N3. The van der Waals surface area contributed by atoms with Gasteiger partial charge >= 0.3 is 0 Å². The van der Waals surface area contributed by atoms with E-state index in [1.807, 2.05) is 42.1 Å². The van der Waals surface area contributed by atoms with Crippen molar-refractivity contribution in [2.24, 2.45) is 7.05 Å². The first kappa shape index (κ1) is 8.69. The number of rotatable bonds is 2. The van der Waals surface area contributed by atoms with E-state index in [0.29, 0.717) is 0 Å². The summed E-state index contributed by atoms with van der Waals surface area (Å²) in [6.07, 6.45) is 9.37. The van der Waals surface area contributed by atoms with Gasteiger partial charge in [0.2, 0.25) is 0 Å². The van der Waals surface area contributed by atoms with E-state index in [9.17, 15) is 0 Å². The Morgan fingerprint density at radius 3 is 2.57 bits per heavy atom. The second-order valence-corrected chi connectivity index (χ2v) is 2.98. The van der Waals surface area contributed by atoms with E-state index in [-0.39, 0.29) is 0 Å². The highest BCUT2D eigenvalue weighted by Gasteiger charge is 1.91. The molecule has 2 aromatic rings. The Hall–Kier alpha value is -1.90. The van der Waals surface area contributed by atoms with Crippen LogP contribution in [0.15, 0.2) is 36.8 Å².